The van der Waals surface area contributed by atoms with Gasteiger partial charge in [-0.15, -0.1) is 0 Å². The number of Topliss-reactive ketones (excluding diaryl/α,β-unsaturated/α-hetero) is 2. The van der Waals surface area contributed by atoms with Crippen molar-refractivity contribution < 1.29 is 24.2 Å². The maximum atomic E-state index is 12.3. The molecule has 0 radical (unpaired) electrons. The van der Waals surface area contributed by atoms with Crippen molar-refractivity contribution >= 4 is 17.5 Å². The van der Waals surface area contributed by atoms with E-state index in [1.54, 1.807) is 30.3 Å². The fourth-order valence-corrected chi connectivity index (χ4v) is 1.86. The van der Waals surface area contributed by atoms with Gasteiger partial charge >= 0.3 is 5.97 Å². The summed E-state index contributed by atoms with van der Waals surface area (Å²) < 4.78 is 4.84. The summed E-state index contributed by atoms with van der Waals surface area (Å²) in [5, 5.41) is 11.7. The van der Waals surface area contributed by atoms with Crippen molar-refractivity contribution in [2.75, 3.05) is 13.7 Å². The molecule has 1 aromatic rings. The highest BCUT2D eigenvalue weighted by Crippen LogP contribution is 2.07. The SMILES string of the molecule is COCCC(NC(C(C)=O)C(=O)c1ccccc1)C(=O)O. The predicted molar refractivity (Wildman–Crippen MR) is 76.3 cm³/mol. The smallest absolute Gasteiger partial charge is 0.320 e. The first kappa shape index (κ1) is 17.0. The van der Waals surface area contributed by atoms with Crippen molar-refractivity contribution in [3.63, 3.8) is 0 Å². The Bertz CT molecular complexity index is 500. The van der Waals surface area contributed by atoms with Crippen LogP contribution in [0.5, 0.6) is 0 Å². The standard InChI is InChI=1S/C15H19NO5/c1-10(17)13(14(18)11-6-4-3-5-7-11)16-12(15(19)20)8-9-21-2/h3-7,12-13,16H,8-9H2,1-2H3,(H,19,20). The third kappa shape index (κ3) is 5.09. The Hall–Kier alpha value is -2.05. The lowest BCUT2D eigenvalue weighted by Gasteiger charge is -2.20. The average molecular weight is 293 g/mol. The number of rotatable bonds is 9. The van der Waals surface area contributed by atoms with Crippen LogP contribution in [0.15, 0.2) is 30.3 Å². The molecule has 0 saturated heterocycles. The van der Waals surface area contributed by atoms with Gasteiger partial charge < -0.3 is 9.84 Å². The van der Waals surface area contributed by atoms with E-state index >= 15 is 0 Å². The van der Waals surface area contributed by atoms with Crippen LogP contribution in [-0.2, 0) is 14.3 Å². The quantitative estimate of drug-likeness (QED) is 0.519. The fraction of sp³-hybridized carbons (Fsp3) is 0.400. The number of hydrogen-bond acceptors (Lipinski definition) is 5. The molecule has 2 N–H and O–H groups in total. The molecule has 1 rings (SSSR count). The average Bonchev–Trinajstić information content (AvgIpc) is 2.47. The van der Waals surface area contributed by atoms with E-state index < -0.39 is 29.6 Å². The second-order valence-corrected chi connectivity index (χ2v) is 4.61. The monoisotopic (exact) mass is 293 g/mol. The maximum Gasteiger partial charge on any atom is 0.320 e. The Labute approximate surface area is 123 Å². The largest absolute Gasteiger partial charge is 0.480 e. The summed E-state index contributed by atoms with van der Waals surface area (Å²) in [6.45, 7) is 1.47. The molecule has 0 amide bonds. The molecule has 1 aromatic carbocycles. The number of ether oxygens (including phenoxy) is 1. The molecule has 0 spiro atoms. The molecule has 0 aliphatic heterocycles. The number of aliphatic carboxylic acids is 1. The fourth-order valence-electron chi connectivity index (χ4n) is 1.86. The minimum Gasteiger partial charge on any atom is -0.480 e. The number of hydrogen-bond donors (Lipinski definition) is 2. The molecule has 2 atom stereocenters. The summed E-state index contributed by atoms with van der Waals surface area (Å²) in [6.07, 6.45) is 0.164. The highest BCUT2D eigenvalue weighted by Gasteiger charge is 2.29. The van der Waals surface area contributed by atoms with Gasteiger partial charge in [-0.2, -0.15) is 0 Å². The van der Waals surface area contributed by atoms with Gasteiger partial charge in [0.05, 0.1) is 0 Å². The van der Waals surface area contributed by atoms with Crippen molar-refractivity contribution in [3.8, 4) is 0 Å². The van der Waals surface area contributed by atoms with Crippen LogP contribution in [0.4, 0.5) is 0 Å². The van der Waals surface area contributed by atoms with Crippen LogP contribution in [-0.4, -0.2) is 48.4 Å². The van der Waals surface area contributed by atoms with Crippen LogP contribution in [0.25, 0.3) is 0 Å². The molecule has 0 fully saturated rings. The lowest BCUT2D eigenvalue weighted by atomic mass is 10.00. The molecule has 0 aliphatic carbocycles. The molecule has 6 nitrogen and oxygen atoms in total. The summed E-state index contributed by atoms with van der Waals surface area (Å²) in [4.78, 5) is 35.2. The Morgan fingerprint density at radius 2 is 1.86 bits per heavy atom. The van der Waals surface area contributed by atoms with E-state index in [1.807, 2.05) is 0 Å². The Morgan fingerprint density at radius 3 is 2.33 bits per heavy atom. The minimum atomic E-state index is -1.18. The van der Waals surface area contributed by atoms with E-state index in [-0.39, 0.29) is 13.0 Å². The molecular weight excluding hydrogens is 274 g/mol. The third-order valence-electron chi connectivity index (χ3n) is 3.00. The van der Waals surface area contributed by atoms with Crippen molar-refractivity contribution in [2.24, 2.45) is 0 Å². The van der Waals surface area contributed by atoms with Crippen LogP contribution in [0.3, 0.4) is 0 Å². The molecule has 0 saturated carbocycles. The van der Waals surface area contributed by atoms with Gasteiger partial charge in [-0.1, -0.05) is 30.3 Å². The van der Waals surface area contributed by atoms with Gasteiger partial charge in [0.2, 0.25) is 0 Å². The second kappa shape index (κ2) is 8.28. The molecule has 0 bridgehead atoms. The third-order valence-corrected chi connectivity index (χ3v) is 3.00. The molecule has 0 heterocycles. The normalized spacial score (nSPS) is 13.4. The Kier molecular flexibility index (Phi) is 6.71. The van der Waals surface area contributed by atoms with Crippen molar-refractivity contribution in [2.45, 2.75) is 25.4 Å². The van der Waals surface area contributed by atoms with Gasteiger partial charge in [-0.05, 0) is 13.3 Å². The first-order valence-corrected chi connectivity index (χ1v) is 6.55. The summed E-state index contributed by atoms with van der Waals surface area (Å²) >= 11 is 0. The van der Waals surface area contributed by atoms with Gasteiger partial charge in [0.15, 0.2) is 11.6 Å². The predicted octanol–water partition coefficient (Wildman–Crippen LogP) is 0.906. The number of carbonyl (C=O) groups excluding carboxylic acids is 2. The molecule has 21 heavy (non-hydrogen) atoms. The highest BCUT2D eigenvalue weighted by atomic mass is 16.5. The van der Waals surface area contributed by atoms with E-state index in [0.29, 0.717) is 5.56 Å². The zero-order chi connectivity index (χ0) is 15.8. The van der Waals surface area contributed by atoms with Gasteiger partial charge in [-0.25, -0.2) is 0 Å². The first-order chi connectivity index (χ1) is 9.97. The number of ketones is 2. The minimum absolute atomic E-state index is 0.164. The number of carboxylic acids is 1. The first-order valence-electron chi connectivity index (χ1n) is 6.55. The molecule has 0 aromatic heterocycles. The summed E-state index contributed by atoms with van der Waals surface area (Å²) in [5.74, 6) is -1.99. The summed E-state index contributed by atoms with van der Waals surface area (Å²) in [6, 6.07) is 6.10. The maximum absolute atomic E-state index is 12.3. The summed E-state index contributed by atoms with van der Waals surface area (Å²) in [7, 11) is 1.45. The Morgan fingerprint density at radius 1 is 1.24 bits per heavy atom. The molecule has 6 heteroatoms. The second-order valence-electron chi connectivity index (χ2n) is 4.61. The van der Waals surface area contributed by atoms with E-state index in [0.717, 1.165) is 0 Å². The van der Waals surface area contributed by atoms with Gasteiger partial charge in [0, 0.05) is 19.3 Å². The van der Waals surface area contributed by atoms with Crippen molar-refractivity contribution in [1.29, 1.82) is 0 Å². The van der Waals surface area contributed by atoms with Crippen LogP contribution >= 0.6 is 0 Å². The van der Waals surface area contributed by atoms with Crippen LogP contribution in [0, 0.1) is 0 Å². The van der Waals surface area contributed by atoms with E-state index in [1.165, 1.54) is 14.0 Å². The van der Waals surface area contributed by atoms with E-state index in [4.69, 9.17) is 9.84 Å². The zero-order valence-electron chi connectivity index (χ0n) is 12.0. The molecule has 2 unspecified atom stereocenters. The van der Waals surface area contributed by atoms with Gasteiger partial charge in [-0.3, -0.25) is 19.7 Å². The molecular formula is C15H19NO5. The number of nitrogens with one attached hydrogen (secondary N) is 1. The Balaban J connectivity index is 2.88. The van der Waals surface area contributed by atoms with Gasteiger partial charge in [0.25, 0.3) is 0 Å². The lowest BCUT2D eigenvalue weighted by Crippen LogP contribution is -2.51. The van der Waals surface area contributed by atoms with Crippen LogP contribution in [0.1, 0.15) is 23.7 Å². The highest BCUT2D eigenvalue weighted by molar-refractivity contribution is 6.13. The van der Waals surface area contributed by atoms with Crippen molar-refractivity contribution in [3.05, 3.63) is 35.9 Å². The van der Waals surface area contributed by atoms with Crippen LogP contribution in [0.2, 0.25) is 0 Å². The van der Waals surface area contributed by atoms with Crippen LogP contribution < -0.4 is 5.32 Å². The summed E-state index contributed by atoms with van der Waals surface area (Å²) in [5.41, 5.74) is 0.362. The number of benzene rings is 1. The lowest BCUT2D eigenvalue weighted by molar-refractivity contribution is -0.140. The number of carboxylic acid groups (broad SMARTS) is 1. The van der Waals surface area contributed by atoms with E-state index in [9.17, 15) is 14.4 Å². The number of carbonyl (C=O) groups is 3. The van der Waals surface area contributed by atoms with Gasteiger partial charge in [0.1, 0.15) is 12.1 Å². The molecule has 114 valence electrons. The molecule has 0 aliphatic rings. The zero-order valence-corrected chi connectivity index (χ0v) is 12.0. The van der Waals surface area contributed by atoms with E-state index in [2.05, 4.69) is 5.32 Å². The number of methoxy groups -OCH3 is 1. The topological polar surface area (TPSA) is 92.7 Å². The van der Waals surface area contributed by atoms with Crippen molar-refractivity contribution in [1.82, 2.24) is 5.32 Å².